The quantitative estimate of drug-likeness (QED) is 0.615. The van der Waals surface area contributed by atoms with Crippen molar-refractivity contribution in [1.82, 2.24) is 4.31 Å². The minimum absolute atomic E-state index is 0.301. The van der Waals surface area contributed by atoms with E-state index in [2.05, 4.69) is 0 Å². The summed E-state index contributed by atoms with van der Waals surface area (Å²) in [6.45, 7) is 0.437. The van der Waals surface area contributed by atoms with Crippen molar-refractivity contribution in [3.05, 3.63) is 84.4 Å². The van der Waals surface area contributed by atoms with E-state index < -0.39 is 10.0 Å². The third-order valence-electron chi connectivity index (χ3n) is 4.54. The molecule has 0 spiro atoms. The maximum Gasteiger partial charge on any atom is 0.242 e. The maximum absolute atomic E-state index is 12.8. The van der Waals surface area contributed by atoms with E-state index in [9.17, 15) is 8.42 Å². The summed E-state index contributed by atoms with van der Waals surface area (Å²) in [6.07, 6.45) is 0.681. The van der Waals surface area contributed by atoms with E-state index >= 15 is 0 Å². The van der Waals surface area contributed by atoms with Crippen LogP contribution in [0.2, 0.25) is 0 Å². The SMILES string of the molecule is COc1ccc(-c2ccc(S(=O)(=O)N(C)CCc3ccccc3)cc2)cc1. The lowest BCUT2D eigenvalue weighted by atomic mass is 10.1. The second-order valence-corrected chi connectivity index (χ2v) is 8.36. The maximum atomic E-state index is 12.8. The van der Waals surface area contributed by atoms with Gasteiger partial charge in [0.15, 0.2) is 0 Å². The number of hydrogen-bond donors (Lipinski definition) is 0. The lowest BCUT2D eigenvalue weighted by Crippen LogP contribution is -2.29. The van der Waals surface area contributed by atoms with Gasteiger partial charge in [-0.2, -0.15) is 0 Å². The summed E-state index contributed by atoms with van der Waals surface area (Å²) >= 11 is 0. The van der Waals surface area contributed by atoms with Crippen LogP contribution in [0.15, 0.2) is 83.8 Å². The van der Waals surface area contributed by atoms with Crippen LogP contribution in [0.3, 0.4) is 0 Å². The molecule has 140 valence electrons. The lowest BCUT2D eigenvalue weighted by molar-refractivity contribution is 0.415. The zero-order chi connectivity index (χ0) is 19.3. The number of likely N-dealkylation sites (N-methyl/N-ethyl adjacent to an activating group) is 1. The van der Waals surface area contributed by atoms with Crippen LogP contribution in [-0.2, 0) is 16.4 Å². The van der Waals surface area contributed by atoms with Gasteiger partial charge in [-0.05, 0) is 47.4 Å². The van der Waals surface area contributed by atoms with Crippen LogP contribution in [0, 0.1) is 0 Å². The molecule has 0 aliphatic rings. The molecule has 0 saturated carbocycles. The van der Waals surface area contributed by atoms with Crippen LogP contribution in [0.1, 0.15) is 5.56 Å². The van der Waals surface area contributed by atoms with Crippen molar-refractivity contribution < 1.29 is 13.2 Å². The minimum Gasteiger partial charge on any atom is -0.497 e. The molecule has 0 unspecified atom stereocenters. The minimum atomic E-state index is -3.51. The van der Waals surface area contributed by atoms with E-state index in [4.69, 9.17) is 4.74 Å². The largest absolute Gasteiger partial charge is 0.497 e. The monoisotopic (exact) mass is 381 g/mol. The van der Waals surface area contributed by atoms with E-state index in [0.29, 0.717) is 17.9 Å². The average molecular weight is 381 g/mol. The molecule has 27 heavy (non-hydrogen) atoms. The summed E-state index contributed by atoms with van der Waals surface area (Å²) in [5.74, 6) is 0.790. The molecular weight excluding hydrogens is 358 g/mol. The van der Waals surface area contributed by atoms with Gasteiger partial charge in [-0.3, -0.25) is 0 Å². The summed E-state index contributed by atoms with van der Waals surface area (Å²) in [5.41, 5.74) is 3.09. The molecule has 0 bridgehead atoms. The van der Waals surface area contributed by atoms with Crippen LogP contribution in [-0.4, -0.2) is 33.4 Å². The van der Waals surface area contributed by atoms with Gasteiger partial charge in [0.1, 0.15) is 5.75 Å². The molecule has 3 aromatic rings. The fraction of sp³-hybridized carbons (Fsp3) is 0.182. The summed E-state index contributed by atoms with van der Waals surface area (Å²) in [6, 6.07) is 24.5. The van der Waals surface area contributed by atoms with Crippen LogP contribution in [0.25, 0.3) is 11.1 Å². The molecule has 0 atom stereocenters. The summed E-state index contributed by atoms with van der Waals surface area (Å²) < 4.78 is 32.2. The van der Waals surface area contributed by atoms with E-state index in [-0.39, 0.29) is 0 Å². The first-order chi connectivity index (χ1) is 13.0. The third-order valence-corrected chi connectivity index (χ3v) is 6.42. The number of benzene rings is 3. The number of hydrogen-bond acceptors (Lipinski definition) is 3. The van der Waals surface area contributed by atoms with Gasteiger partial charge in [0.2, 0.25) is 10.0 Å². The summed E-state index contributed by atoms with van der Waals surface area (Å²) in [5, 5.41) is 0. The van der Waals surface area contributed by atoms with Gasteiger partial charge in [0, 0.05) is 13.6 Å². The molecule has 5 heteroatoms. The molecule has 0 aliphatic heterocycles. The highest BCUT2D eigenvalue weighted by Crippen LogP contribution is 2.24. The van der Waals surface area contributed by atoms with Crippen molar-refractivity contribution in [3.8, 4) is 16.9 Å². The molecule has 0 saturated heterocycles. The van der Waals surface area contributed by atoms with Gasteiger partial charge in [0.25, 0.3) is 0 Å². The van der Waals surface area contributed by atoms with Gasteiger partial charge in [0.05, 0.1) is 12.0 Å². The Labute approximate surface area is 161 Å². The Morgan fingerprint density at radius 3 is 1.93 bits per heavy atom. The Balaban J connectivity index is 1.72. The third kappa shape index (κ3) is 4.56. The van der Waals surface area contributed by atoms with Gasteiger partial charge < -0.3 is 4.74 Å². The van der Waals surface area contributed by atoms with Crippen molar-refractivity contribution in [3.63, 3.8) is 0 Å². The smallest absolute Gasteiger partial charge is 0.242 e. The van der Waals surface area contributed by atoms with Gasteiger partial charge in [-0.1, -0.05) is 54.6 Å². The Hall–Kier alpha value is -2.63. The molecule has 0 heterocycles. The van der Waals surface area contributed by atoms with Crippen LogP contribution in [0.4, 0.5) is 0 Å². The van der Waals surface area contributed by atoms with Gasteiger partial charge in [-0.25, -0.2) is 12.7 Å². The Kier molecular flexibility index (Phi) is 5.94. The average Bonchev–Trinajstić information content (AvgIpc) is 2.73. The molecule has 0 fully saturated rings. The fourth-order valence-electron chi connectivity index (χ4n) is 2.83. The standard InChI is InChI=1S/C22H23NO3S/c1-23(17-16-18-6-4-3-5-7-18)27(24,25)22-14-10-20(11-15-22)19-8-12-21(26-2)13-9-19/h3-15H,16-17H2,1-2H3. The van der Waals surface area contributed by atoms with E-state index in [1.54, 1.807) is 26.3 Å². The normalized spacial score (nSPS) is 11.5. The zero-order valence-electron chi connectivity index (χ0n) is 15.5. The second-order valence-electron chi connectivity index (χ2n) is 6.32. The molecular formula is C22H23NO3S. The molecule has 3 rings (SSSR count). The van der Waals surface area contributed by atoms with Crippen molar-refractivity contribution in [1.29, 1.82) is 0 Å². The first kappa shape index (κ1) is 19.1. The van der Waals surface area contributed by atoms with Crippen molar-refractivity contribution in [2.75, 3.05) is 20.7 Å². The van der Waals surface area contributed by atoms with Gasteiger partial charge in [-0.15, -0.1) is 0 Å². The lowest BCUT2D eigenvalue weighted by Gasteiger charge is -2.17. The number of rotatable bonds is 7. The highest BCUT2D eigenvalue weighted by Gasteiger charge is 2.20. The Morgan fingerprint density at radius 1 is 0.815 bits per heavy atom. The van der Waals surface area contributed by atoms with Gasteiger partial charge >= 0.3 is 0 Å². The molecule has 0 aromatic heterocycles. The van der Waals surface area contributed by atoms with Crippen LogP contribution >= 0.6 is 0 Å². The van der Waals surface area contributed by atoms with E-state index in [1.165, 1.54) is 4.31 Å². The van der Waals surface area contributed by atoms with Crippen LogP contribution < -0.4 is 4.74 Å². The number of nitrogens with zero attached hydrogens (tertiary/aromatic N) is 1. The molecule has 0 aliphatic carbocycles. The predicted octanol–water partition coefficient (Wildman–Crippen LogP) is 4.23. The number of sulfonamides is 1. The predicted molar refractivity (Wildman–Crippen MR) is 108 cm³/mol. The zero-order valence-corrected chi connectivity index (χ0v) is 16.3. The molecule has 0 radical (unpaired) electrons. The van der Waals surface area contributed by atoms with E-state index in [1.807, 2.05) is 66.7 Å². The number of ether oxygens (including phenoxy) is 1. The molecule has 0 amide bonds. The van der Waals surface area contributed by atoms with Crippen molar-refractivity contribution in [2.45, 2.75) is 11.3 Å². The first-order valence-corrected chi connectivity index (χ1v) is 10.2. The fourth-order valence-corrected chi connectivity index (χ4v) is 4.01. The molecule has 0 N–H and O–H groups in total. The molecule has 4 nitrogen and oxygen atoms in total. The second kappa shape index (κ2) is 8.37. The highest BCUT2D eigenvalue weighted by atomic mass is 32.2. The highest BCUT2D eigenvalue weighted by molar-refractivity contribution is 7.89. The summed E-state index contributed by atoms with van der Waals surface area (Å²) in [7, 11) is -0.257. The van der Waals surface area contributed by atoms with E-state index in [0.717, 1.165) is 22.4 Å². The first-order valence-electron chi connectivity index (χ1n) is 8.75. The topological polar surface area (TPSA) is 46.6 Å². The molecule has 3 aromatic carbocycles. The Bertz CT molecular complexity index is 966. The summed E-state index contributed by atoms with van der Waals surface area (Å²) in [4.78, 5) is 0.301. The van der Waals surface area contributed by atoms with Crippen molar-refractivity contribution in [2.24, 2.45) is 0 Å². The van der Waals surface area contributed by atoms with Crippen molar-refractivity contribution >= 4 is 10.0 Å². The van der Waals surface area contributed by atoms with Crippen LogP contribution in [0.5, 0.6) is 5.75 Å². The number of methoxy groups -OCH3 is 1. The Morgan fingerprint density at radius 2 is 1.37 bits per heavy atom.